The second kappa shape index (κ2) is 7.89. The molecule has 0 radical (unpaired) electrons. The van der Waals surface area contributed by atoms with Crippen LogP contribution in [0.15, 0.2) is 40.9 Å². The van der Waals surface area contributed by atoms with Crippen LogP contribution < -0.4 is 10.2 Å². The van der Waals surface area contributed by atoms with Crippen molar-refractivity contribution in [2.45, 2.75) is 26.3 Å². The Morgan fingerprint density at radius 3 is 2.89 bits per heavy atom. The van der Waals surface area contributed by atoms with Gasteiger partial charge < -0.3 is 9.84 Å². The van der Waals surface area contributed by atoms with Crippen molar-refractivity contribution in [3.8, 4) is 0 Å². The molecule has 1 atom stereocenters. The first-order valence-electron chi connectivity index (χ1n) is 8.95. The van der Waals surface area contributed by atoms with Gasteiger partial charge in [-0.2, -0.15) is 0 Å². The van der Waals surface area contributed by atoms with E-state index in [1.165, 1.54) is 11.3 Å². The van der Waals surface area contributed by atoms with Crippen molar-refractivity contribution in [1.29, 1.82) is 0 Å². The zero-order valence-electron chi connectivity index (χ0n) is 15.3. The monoisotopic (exact) mass is 397 g/mol. The maximum absolute atomic E-state index is 12.4. The fourth-order valence-electron chi connectivity index (χ4n) is 3.08. The SMILES string of the molecule is Cc1cc(CNC(=O)C2CC(=O)N(c3nnc(Cc4ccccc4)s3)C2)on1. The molecule has 9 heteroatoms. The molecule has 4 rings (SSSR count). The Morgan fingerprint density at radius 2 is 2.14 bits per heavy atom. The third-order valence-electron chi connectivity index (χ3n) is 4.49. The number of nitrogens with zero attached hydrogens (tertiary/aromatic N) is 4. The third kappa shape index (κ3) is 4.09. The summed E-state index contributed by atoms with van der Waals surface area (Å²) in [6.45, 7) is 2.38. The normalized spacial score (nSPS) is 16.5. The summed E-state index contributed by atoms with van der Waals surface area (Å²) in [7, 11) is 0. The second-order valence-corrected chi connectivity index (χ2v) is 7.74. The number of aromatic nitrogens is 3. The zero-order chi connectivity index (χ0) is 19.5. The van der Waals surface area contributed by atoms with Gasteiger partial charge in [-0.15, -0.1) is 10.2 Å². The smallest absolute Gasteiger partial charge is 0.229 e. The average molecular weight is 397 g/mol. The first kappa shape index (κ1) is 18.3. The van der Waals surface area contributed by atoms with E-state index in [0.717, 1.165) is 16.3 Å². The molecule has 28 heavy (non-hydrogen) atoms. The van der Waals surface area contributed by atoms with Crippen molar-refractivity contribution < 1.29 is 14.1 Å². The molecule has 0 bridgehead atoms. The maximum Gasteiger partial charge on any atom is 0.229 e. The lowest BCUT2D eigenvalue weighted by Gasteiger charge is -2.12. The largest absolute Gasteiger partial charge is 0.359 e. The standard InChI is InChI=1S/C19H19N5O3S/c1-12-7-15(27-23-12)10-20-18(26)14-9-17(25)24(11-14)19-22-21-16(28-19)8-13-5-3-2-4-6-13/h2-7,14H,8-11H2,1H3,(H,20,26). The van der Waals surface area contributed by atoms with Gasteiger partial charge in [0.05, 0.1) is 18.2 Å². The van der Waals surface area contributed by atoms with E-state index in [2.05, 4.69) is 20.7 Å². The van der Waals surface area contributed by atoms with E-state index in [0.29, 0.717) is 23.9 Å². The number of hydrogen-bond acceptors (Lipinski definition) is 7. The number of nitrogens with one attached hydrogen (secondary N) is 1. The minimum Gasteiger partial charge on any atom is -0.359 e. The number of hydrogen-bond donors (Lipinski definition) is 1. The average Bonchev–Trinajstić information content (AvgIpc) is 3.41. The number of amides is 2. The topological polar surface area (TPSA) is 101 Å². The summed E-state index contributed by atoms with van der Waals surface area (Å²) < 4.78 is 5.08. The summed E-state index contributed by atoms with van der Waals surface area (Å²) in [6.07, 6.45) is 0.829. The van der Waals surface area contributed by atoms with Crippen LogP contribution in [0.1, 0.15) is 28.4 Å². The Kier molecular flexibility index (Phi) is 5.16. The molecule has 0 aliphatic carbocycles. The van der Waals surface area contributed by atoms with Crippen molar-refractivity contribution in [2.24, 2.45) is 5.92 Å². The maximum atomic E-state index is 12.4. The van der Waals surface area contributed by atoms with E-state index in [-0.39, 0.29) is 24.8 Å². The molecule has 3 aromatic rings. The lowest BCUT2D eigenvalue weighted by atomic mass is 10.1. The molecule has 0 saturated carbocycles. The number of aryl methyl sites for hydroxylation is 1. The van der Waals surface area contributed by atoms with Gasteiger partial charge in [0.2, 0.25) is 16.9 Å². The van der Waals surface area contributed by atoms with Crippen molar-refractivity contribution in [3.05, 3.63) is 58.4 Å². The van der Waals surface area contributed by atoms with E-state index in [9.17, 15) is 9.59 Å². The van der Waals surface area contributed by atoms with E-state index < -0.39 is 5.92 Å². The van der Waals surface area contributed by atoms with Crippen LogP contribution in [0.25, 0.3) is 0 Å². The van der Waals surface area contributed by atoms with Crippen LogP contribution in [0.2, 0.25) is 0 Å². The molecule has 0 spiro atoms. The van der Waals surface area contributed by atoms with Gasteiger partial charge in [-0.05, 0) is 12.5 Å². The molecule has 1 saturated heterocycles. The minimum atomic E-state index is -0.419. The number of benzene rings is 1. The Balaban J connectivity index is 1.36. The van der Waals surface area contributed by atoms with Gasteiger partial charge >= 0.3 is 0 Å². The van der Waals surface area contributed by atoms with Gasteiger partial charge in [0, 0.05) is 25.5 Å². The number of carbonyl (C=O) groups excluding carboxylic acids is 2. The lowest BCUT2D eigenvalue weighted by Crippen LogP contribution is -2.32. The summed E-state index contributed by atoms with van der Waals surface area (Å²) >= 11 is 1.38. The highest BCUT2D eigenvalue weighted by Crippen LogP contribution is 2.29. The van der Waals surface area contributed by atoms with Crippen LogP contribution in [0.3, 0.4) is 0 Å². The van der Waals surface area contributed by atoms with Gasteiger partial charge in [0.15, 0.2) is 5.76 Å². The fourth-order valence-corrected chi connectivity index (χ4v) is 3.98. The van der Waals surface area contributed by atoms with Crippen LogP contribution in [-0.2, 0) is 22.6 Å². The summed E-state index contributed by atoms with van der Waals surface area (Å²) in [5.41, 5.74) is 1.90. The second-order valence-electron chi connectivity index (χ2n) is 6.70. The highest BCUT2D eigenvalue weighted by atomic mass is 32.1. The van der Waals surface area contributed by atoms with Crippen LogP contribution in [0.4, 0.5) is 5.13 Å². The molecule has 1 unspecified atom stereocenters. The summed E-state index contributed by atoms with van der Waals surface area (Å²) in [4.78, 5) is 26.4. The quantitative estimate of drug-likeness (QED) is 0.683. The molecule has 8 nitrogen and oxygen atoms in total. The number of carbonyl (C=O) groups is 2. The number of anilines is 1. The zero-order valence-corrected chi connectivity index (χ0v) is 16.1. The van der Waals surface area contributed by atoms with Crippen LogP contribution in [0.5, 0.6) is 0 Å². The summed E-state index contributed by atoms with van der Waals surface area (Å²) in [5, 5.41) is 16.3. The van der Waals surface area contributed by atoms with E-state index >= 15 is 0 Å². The number of rotatable bonds is 6. The molecule has 144 valence electrons. The molecule has 2 aromatic heterocycles. The van der Waals surface area contributed by atoms with Crippen LogP contribution in [0, 0.1) is 12.8 Å². The summed E-state index contributed by atoms with van der Waals surface area (Å²) in [6, 6.07) is 11.7. The van der Waals surface area contributed by atoms with Crippen LogP contribution >= 0.6 is 11.3 Å². The Bertz CT molecular complexity index is 984. The lowest BCUT2D eigenvalue weighted by molar-refractivity contribution is -0.126. The molecule has 1 aliphatic heterocycles. The predicted molar refractivity (Wildman–Crippen MR) is 103 cm³/mol. The van der Waals surface area contributed by atoms with Crippen molar-refractivity contribution in [1.82, 2.24) is 20.7 Å². The molecule has 1 fully saturated rings. The molecule has 1 N–H and O–H groups in total. The predicted octanol–water partition coefficient (Wildman–Crippen LogP) is 2.09. The van der Waals surface area contributed by atoms with E-state index in [1.807, 2.05) is 37.3 Å². The van der Waals surface area contributed by atoms with Crippen LogP contribution in [-0.4, -0.2) is 33.7 Å². The van der Waals surface area contributed by atoms with E-state index in [1.54, 1.807) is 11.0 Å². The molecular formula is C19H19N5O3S. The van der Waals surface area contributed by atoms with Crippen molar-refractivity contribution >= 4 is 28.3 Å². The minimum absolute atomic E-state index is 0.113. The Labute approximate surface area is 165 Å². The molecule has 2 amide bonds. The van der Waals surface area contributed by atoms with Crippen molar-refractivity contribution in [2.75, 3.05) is 11.4 Å². The van der Waals surface area contributed by atoms with Gasteiger partial charge in [-0.3, -0.25) is 14.5 Å². The molecule has 3 heterocycles. The van der Waals surface area contributed by atoms with Gasteiger partial charge in [0.25, 0.3) is 0 Å². The van der Waals surface area contributed by atoms with Gasteiger partial charge in [-0.1, -0.05) is 46.8 Å². The molecule has 1 aromatic carbocycles. The van der Waals surface area contributed by atoms with Crippen molar-refractivity contribution in [3.63, 3.8) is 0 Å². The van der Waals surface area contributed by atoms with Gasteiger partial charge in [0.1, 0.15) is 5.01 Å². The summed E-state index contributed by atoms with van der Waals surface area (Å²) in [5.74, 6) is -0.128. The Hall–Kier alpha value is -3.07. The highest BCUT2D eigenvalue weighted by Gasteiger charge is 2.36. The molecule has 1 aliphatic rings. The first-order chi connectivity index (χ1) is 13.6. The van der Waals surface area contributed by atoms with E-state index in [4.69, 9.17) is 4.52 Å². The fraction of sp³-hybridized carbons (Fsp3) is 0.316. The third-order valence-corrected chi connectivity index (χ3v) is 5.44. The highest BCUT2D eigenvalue weighted by molar-refractivity contribution is 7.15. The van der Waals surface area contributed by atoms with Gasteiger partial charge in [-0.25, -0.2) is 0 Å². The molecular weight excluding hydrogens is 378 g/mol. The Morgan fingerprint density at radius 1 is 1.32 bits per heavy atom. The first-order valence-corrected chi connectivity index (χ1v) is 9.76.